The van der Waals surface area contributed by atoms with Crippen molar-refractivity contribution < 1.29 is 9.53 Å². The van der Waals surface area contributed by atoms with Gasteiger partial charge < -0.3 is 9.64 Å². The summed E-state index contributed by atoms with van der Waals surface area (Å²) in [7, 11) is 0. The fourth-order valence-electron chi connectivity index (χ4n) is 2.75. The van der Waals surface area contributed by atoms with Crippen molar-refractivity contribution in [2.75, 3.05) is 19.7 Å². The highest BCUT2D eigenvalue weighted by atomic mass is 16.6. The number of hydrogen-bond donors (Lipinski definition) is 0. The molecular formula is C22H37NO2. The van der Waals surface area contributed by atoms with Crippen LogP contribution in [0.3, 0.4) is 0 Å². The summed E-state index contributed by atoms with van der Waals surface area (Å²) in [6.45, 7) is 16.3. The van der Waals surface area contributed by atoms with E-state index in [1.807, 2.05) is 25.7 Å². The van der Waals surface area contributed by atoms with Crippen molar-refractivity contribution >= 4 is 11.7 Å². The van der Waals surface area contributed by atoms with Crippen LogP contribution in [0.2, 0.25) is 0 Å². The van der Waals surface area contributed by atoms with E-state index in [0.717, 1.165) is 19.4 Å². The van der Waals surface area contributed by atoms with Crippen LogP contribution in [0.4, 0.5) is 4.79 Å². The zero-order valence-electron chi connectivity index (χ0n) is 17.3. The molecule has 3 heteroatoms. The van der Waals surface area contributed by atoms with Crippen LogP contribution in [-0.2, 0) is 4.74 Å². The van der Waals surface area contributed by atoms with Crippen molar-refractivity contribution in [2.24, 2.45) is 0 Å². The molecule has 0 bridgehead atoms. The maximum atomic E-state index is 11.9. The number of hydrogen-bond acceptors (Lipinski definition) is 2. The van der Waals surface area contributed by atoms with Gasteiger partial charge in [0.05, 0.1) is 6.61 Å². The van der Waals surface area contributed by atoms with Crippen molar-refractivity contribution in [2.45, 2.75) is 67.7 Å². The van der Waals surface area contributed by atoms with Crippen LogP contribution < -0.4 is 0 Å². The fraction of sp³-hybridized carbons (Fsp3) is 0.591. The number of nitrogens with zero attached hydrogens (tertiary/aromatic N) is 1. The van der Waals surface area contributed by atoms with Gasteiger partial charge in [0.15, 0.2) is 0 Å². The van der Waals surface area contributed by atoms with Gasteiger partial charge in [-0.05, 0) is 43.4 Å². The van der Waals surface area contributed by atoms with Gasteiger partial charge in [0.1, 0.15) is 0 Å². The number of benzene rings is 1. The normalized spacial score (nSPS) is 13.3. The lowest BCUT2D eigenvalue weighted by atomic mass is 9.90. The van der Waals surface area contributed by atoms with Crippen LogP contribution in [0.25, 0.3) is 5.57 Å². The molecule has 0 fully saturated rings. The maximum absolute atomic E-state index is 11.9. The zero-order valence-corrected chi connectivity index (χ0v) is 17.3. The molecule has 1 heterocycles. The van der Waals surface area contributed by atoms with E-state index in [1.165, 1.54) is 28.7 Å². The second-order valence-electron chi connectivity index (χ2n) is 5.83. The molecule has 0 spiro atoms. The van der Waals surface area contributed by atoms with Crippen molar-refractivity contribution in [3.05, 3.63) is 41.0 Å². The van der Waals surface area contributed by atoms with Crippen LogP contribution in [0.1, 0.15) is 71.9 Å². The van der Waals surface area contributed by atoms with Crippen LogP contribution in [-0.4, -0.2) is 30.7 Å². The molecule has 1 aromatic carbocycles. The molecule has 0 saturated carbocycles. The first-order valence-electron chi connectivity index (χ1n) is 9.77. The number of rotatable bonds is 3. The fourth-order valence-corrected chi connectivity index (χ4v) is 2.75. The van der Waals surface area contributed by atoms with Gasteiger partial charge in [0.2, 0.25) is 0 Å². The summed E-state index contributed by atoms with van der Waals surface area (Å²) in [6.07, 6.45) is 3.04. The highest BCUT2D eigenvalue weighted by Crippen LogP contribution is 2.30. The minimum absolute atomic E-state index is 0.200. The van der Waals surface area contributed by atoms with E-state index in [0.29, 0.717) is 13.2 Å². The largest absolute Gasteiger partial charge is 0.450 e. The summed E-state index contributed by atoms with van der Waals surface area (Å²) < 4.78 is 5.13. The van der Waals surface area contributed by atoms with Gasteiger partial charge in [-0.1, -0.05) is 70.9 Å². The molecule has 2 rings (SSSR count). The van der Waals surface area contributed by atoms with E-state index >= 15 is 0 Å². The summed E-state index contributed by atoms with van der Waals surface area (Å²) in [5, 5.41) is 0. The predicted octanol–water partition coefficient (Wildman–Crippen LogP) is 6.46. The molecule has 1 aromatic rings. The summed E-state index contributed by atoms with van der Waals surface area (Å²) in [5.74, 6) is 0. The monoisotopic (exact) mass is 347 g/mol. The minimum Gasteiger partial charge on any atom is -0.450 e. The molecule has 1 aliphatic rings. The van der Waals surface area contributed by atoms with Crippen molar-refractivity contribution in [1.29, 1.82) is 0 Å². The Morgan fingerprint density at radius 3 is 2.24 bits per heavy atom. The van der Waals surface area contributed by atoms with Crippen LogP contribution >= 0.6 is 0 Å². The molecule has 0 aromatic heterocycles. The lowest BCUT2D eigenvalue weighted by Crippen LogP contribution is -2.37. The first-order valence-corrected chi connectivity index (χ1v) is 9.77. The van der Waals surface area contributed by atoms with Gasteiger partial charge in [0.25, 0.3) is 0 Å². The zero-order chi connectivity index (χ0) is 19.2. The standard InChI is InChI=1S/C17H23NO2.C3H8.C2H6/c1-4-14-10-11-18(17(19)20-5-2)12-16(14)15-9-7-6-8-13(15)3;1-3-2;1-2/h6-9H,4-5,10-12H2,1-3H3;3H2,1-2H3;1-2H3. The Morgan fingerprint density at radius 2 is 1.72 bits per heavy atom. The lowest BCUT2D eigenvalue weighted by molar-refractivity contribution is 0.111. The Bertz CT molecular complexity index is 535. The van der Waals surface area contributed by atoms with Gasteiger partial charge in [-0.15, -0.1) is 0 Å². The third-order valence-electron chi connectivity index (χ3n) is 3.88. The Morgan fingerprint density at radius 1 is 1.12 bits per heavy atom. The summed E-state index contributed by atoms with van der Waals surface area (Å²) >= 11 is 0. The number of amides is 1. The SMILES string of the molecule is CC.CCC.CCOC(=O)N1CCC(CC)=C(c2ccccc2C)C1. The third kappa shape index (κ3) is 7.33. The molecule has 0 saturated heterocycles. The maximum Gasteiger partial charge on any atom is 0.410 e. The molecule has 142 valence electrons. The van der Waals surface area contributed by atoms with Crippen molar-refractivity contribution in [1.82, 2.24) is 4.90 Å². The van der Waals surface area contributed by atoms with E-state index < -0.39 is 0 Å². The molecule has 0 unspecified atom stereocenters. The van der Waals surface area contributed by atoms with E-state index in [2.05, 4.69) is 52.0 Å². The van der Waals surface area contributed by atoms with Crippen molar-refractivity contribution in [3.63, 3.8) is 0 Å². The first kappa shape index (κ1) is 23.2. The quantitative estimate of drug-likeness (QED) is 0.627. The second-order valence-corrected chi connectivity index (χ2v) is 5.83. The van der Waals surface area contributed by atoms with Gasteiger partial charge in [-0.3, -0.25) is 0 Å². The molecule has 1 amide bonds. The van der Waals surface area contributed by atoms with Gasteiger partial charge in [-0.2, -0.15) is 0 Å². The van der Waals surface area contributed by atoms with Gasteiger partial charge >= 0.3 is 6.09 Å². The van der Waals surface area contributed by atoms with E-state index in [9.17, 15) is 4.79 Å². The molecule has 0 aliphatic carbocycles. The summed E-state index contributed by atoms with van der Waals surface area (Å²) in [6, 6.07) is 8.39. The predicted molar refractivity (Wildman–Crippen MR) is 109 cm³/mol. The molecule has 25 heavy (non-hydrogen) atoms. The molecule has 3 nitrogen and oxygen atoms in total. The summed E-state index contributed by atoms with van der Waals surface area (Å²) in [5.41, 5.74) is 5.28. The molecule has 0 radical (unpaired) electrons. The lowest BCUT2D eigenvalue weighted by Gasteiger charge is -2.30. The summed E-state index contributed by atoms with van der Waals surface area (Å²) in [4.78, 5) is 13.7. The van der Waals surface area contributed by atoms with Crippen LogP contribution in [0.5, 0.6) is 0 Å². The van der Waals surface area contributed by atoms with Gasteiger partial charge in [0, 0.05) is 13.1 Å². The molecular weight excluding hydrogens is 310 g/mol. The first-order chi connectivity index (χ1) is 12.1. The Balaban J connectivity index is 0.00000104. The minimum atomic E-state index is -0.200. The molecule has 0 N–H and O–H groups in total. The smallest absolute Gasteiger partial charge is 0.410 e. The number of ether oxygens (including phenoxy) is 1. The van der Waals surface area contributed by atoms with E-state index in [4.69, 9.17) is 4.74 Å². The van der Waals surface area contributed by atoms with Crippen molar-refractivity contribution in [3.8, 4) is 0 Å². The Hall–Kier alpha value is -1.77. The highest BCUT2D eigenvalue weighted by molar-refractivity contribution is 5.78. The molecule has 0 atom stereocenters. The average molecular weight is 348 g/mol. The third-order valence-corrected chi connectivity index (χ3v) is 3.88. The Kier molecular flexibility index (Phi) is 12.6. The van der Waals surface area contributed by atoms with E-state index in [1.54, 1.807) is 0 Å². The molecule has 1 aliphatic heterocycles. The average Bonchev–Trinajstić information content (AvgIpc) is 2.64. The highest BCUT2D eigenvalue weighted by Gasteiger charge is 2.24. The number of carbonyl (C=O) groups excluding carboxylic acids is 1. The topological polar surface area (TPSA) is 29.5 Å². The van der Waals surface area contributed by atoms with Crippen LogP contribution in [0, 0.1) is 6.92 Å². The number of aryl methyl sites for hydroxylation is 1. The second kappa shape index (κ2) is 13.5. The van der Waals surface area contributed by atoms with E-state index in [-0.39, 0.29) is 6.09 Å². The number of carbonyl (C=O) groups is 1. The Labute approximate surface area is 155 Å². The van der Waals surface area contributed by atoms with Gasteiger partial charge in [-0.25, -0.2) is 4.79 Å². The van der Waals surface area contributed by atoms with Crippen LogP contribution in [0.15, 0.2) is 29.8 Å².